The zero-order chi connectivity index (χ0) is 14.8. The molecule has 0 saturated carbocycles. The number of carbonyl (C=O) groups is 1. The fraction of sp³-hybridized carbons (Fsp3) is 0.462. The van der Waals surface area contributed by atoms with E-state index in [0.29, 0.717) is 18.7 Å². The van der Waals surface area contributed by atoms with Crippen molar-refractivity contribution in [3.63, 3.8) is 0 Å². The summed E-state index contributed by atoms with van der Waals surface area (Å²) >= 11 is 0. The van der Waals surface area contributed by atoms with Crippen LogP contribution in [-0.2, 0) is 10.0 Å². The largest absolute Gasteiger partial charge is 0.336 e. The van der Waals surface area contributed by atoms with Crippen molar-refractivity contribution >= 4 is 15.9 Å². The molecule has 1 unspecified atom stereocenters. The van der Waals surface area contributed by atoms with Gasteiger partial charge in [0.1, 0.15) is 0 Å². The molecule has 20 heavy (non-hydrogen) atoms. The van der Waals surface area contributed by atoms with E-state index in [1.54, 1.807) is 17.0 Å². The van der Waals surface area contributed by atoms with Crippen LogP contribution in [-0.4, -0.2) is 51.9 Å². The standard InChI is InChI=1S/C13H19N3O3S/c1-10-9-16(8-7-15-10)13(17)11-3-5-12(6-4-11)20(18,19)14-2/h3-6,10,14-15H,7-9H2,1-2H3. The summed E-state index contributed by atoms with van der Waals surface area (Å²) < 4.78 is 25.5. The SMILES string of the molecule is CNS(=O)(=O)c1ccc(C(=O)N2CCNC(C)C2)cc1. The van der Waals surface area contributed by atoms with Gasteiger partial charge in [0.15, 0.2) is 0 Å². The predicted octanol–water partition coefficient (Wildman–Crippen LogP) is 0.0286. The molecule has 1 fully saturated rings. The number of nitrogens with zero attached hydrogens (tertiary/aromatic N) is 1. The monoisotopic (exact) mass is 297 g/mol. The molecule has 1 saturated heterocycles. The molecule has 0 spiro atoms. The number of hydrogen-bond acceptors (Lipinski definition) is 4. The Balaban J connectivity index is 2.16. The molecule has 1 atom stereocenters. The Bertz CT molecular complexity index is 583. The van der Waals surface area contributed by atoms with Crippen LogP contribution in [0.25, 0.3) is 0 Å². The molecule has 1 amide bonds. The van der Waals surface area contributed by atoms with Crippen molar-refractivity contribution in [2.45, 2.75) is 17.9 Å². The third-order valence-electron chi connectivity index (χ3n) is 3.34. The topological polar surface area (TPSA) is 78.5 Å². The molecule has 110 valence electrons. The van der Waals surface area contributed by atoms with Crippen molar-refractivity contribution in [2.75, 3.05) is 26.7 Å². The van der Waals surface area contributed by atoms with Gasteiger partial charge in [-0.2, -0.15) is 0 Å². The van der Waals surface area contributed by atoms with Gasteiger partial charge in [0.2, 0.25) is 10.0 Å². The molecule has 0 aliphatic carbocycles. The van der Waals surface area contributed by atoms with E-state index in [9.17, 15) is 13.2 Å². The Morgan fingerprint density at radius 3 is 2.55 bits per heavy atom. The number of sulfonamides is 1. The predicted molar refractivity (Wildman–Crippen MR) is 76.1 cm³/mol. The molecule has 0 radical (unpaired) electrons. The quantitative estimate of drug-likeness (QED) is 0.825. The molecule has 7 heteroatoms. The second-order valence-electron chi connectivity index (χ2n) is 4.84. The first-order valence-corrected chi connectivity index (χ1v) is 7.98. The van der Waals surface area contributed by atoms with Crippen LogP contribution in [0.5, 0.6) is 0 Å². The van der Waals surface area contributed by atoms with E-state index < -0.39 is 10.0 Å². The van der Waals surface area contributed by atoms with E-state index >= 15 is 0 Å². The number of piperazine rings is 1. The van der Waals surface area contributed by atoms with Crippen molar-refractivity contribution in [3.05, 3.63) is 29.8 Å². The van der Waals surface area contributed by atoms with Crippen molar-refractivity contribution in [3.8, 4) is 0 Å². The molecule has 1 heterocycles. The van der Waals surface area contributed by atoms with Crippen LogP contribution in [0.2, 0.25) is 0 Å². The van der Waals surface area contributed by atoms with Crippen LogP contribution in [0.4, 0.5) is 0 Å². The number of hydrogen-bond donors (Lipinski definition) is 2. The van der Waals surface area contributed by atoms with Crippen molar-refractivity contribution in [1.82, 2.24) is 14.9 Å². The molecule has 1 aromatic rings. The van der Waals surface area contributed by atoms with E-state index in [1.165, 1.54) is 19.2 Å². The minimum atomic E-state index is -3.46. The average molecular weight is 297 g/mol. The highest BCUT2D eigenvalue weighted by Crippen LogP contribution is 2.13. The van der Waals surface area contributed by atoms with Crippen molar-refractivity contribution < 1.29 is 13.2 Å². The first-order chi connectivity index (χ1) is 9.44. The lowest BCUT2D eigenvalue weighted by Gasteiger charge is -2.32. The Hall–Kier alpha value is -1.44. The minimum absolute atomic E-state index is 0.0632. The van der Waals surface area contributed by atoms with Crippen LogP contribution in [0, 0.1) is 0 Å². The number of rotatable bonds is 3. The van der Waals surface area contributed by atoms with E-state index in [-0.39, 0.29) is 16.8 Å². The van der Waals surface area contributed by atoms with Crippen LogP contribution in [0.15, 0.2) is 29.2 Å². The lowest BCUT2D eigenvalue weighted by molar-refractivity contribution is 0.0709. The van der Waals surface area contributed by atoms with Crippen LogP contribution >= 0.6 is 0 Å². The average Bonchev–Trinajstić information content (AvgIpc) is 2.46. The number of amides is 1. The normalized spacial score (nSPS) is 19.9. The second kappa shape index (κ2) is 5.90. The van der Waals surface area contributed by atoms with E-state index in [2.05, 4.69) is 10.0 Å². The van der Waals surface area contributed by atoms with Gasteiger partial charge in [-0.1, -0.05) is 0 Å². The van der Waals surface area contributed by atoms with Crippen LogP contribution in [0.1, 0.15) is 17.3 Å². The van der Waals surface area contributed by atoms with Gasteiger partial charge >= 0.3 is 0 Å². The summed E-state index contributed by atoms with van der Waals surface area (Å²) in [7, 11) is -2.10. The fourth-order valence-corrected chi connectivity index (χ4v) is 2.92. The number of carbonyl (C=O) groups excluding carboxylic acids is 1. The fourth-order valence-electron chi connectivity index (χ4n) is 2.19. The molecular weight excluding hydrogens is 278 g/mol. The van der Waals surface area contributed by atoms with Crippen LogP contribution < -0.4 is 10.0 Å². The molecule has 1 aliphatic heterocycles. The minimum Gasteiger partial charge on any atom is -0.336 e. The summed E-state index contributed by atoms with van der Waals surface area (Å²) in [5.74, 6) is -0.0632. The lowest BCUT2D eigenvalue weighted by atomic mass is 10.1. The van der Waals surface area contributed by atoms with Gasteiger partial charge in [-0.3, -0.25) is 4.79 Å². The molecule has 6 nitrogen and oxygen atoms in total. The van der Waals surface area contributed by atoms with Gasteiger partial charge in [-0.05, 0) is 38.2 Å². The van der Waals surface area contributed by atoms with E-state index in [1.807, 2.05) is 6.92 Å². The first kappa shape index (κ1) is 15.0. The Morgan fingerprint density at radius 1 is 1.35 bits per heavy atom. The zero-order valence-electron chi connectivity index (χ0n) is 11.6. The maximum atomic E-state index is 12.3. The highest BCUT2D eigenvalue weighted by Gasteiger charge is 2.22. The summed E-state index contributed by atoms with van der Waals surface area (Å²) in [5, 5.41) is 3.27. The number of nitrogens with one attached hydrogen (secondary N) is 2. The second-order valence-corrected chi connectivity index (χ2v) is 6.72. The molecule has 0 aromatic heterocycles. The maximum absolute atomic E-state index is 12.3. The third kappa shape index (κ3) is 3.17. The summed E-state index contributed by atoms with van der Waals surface area (Å²) in [6.45, 7) is 4.14. The Labute approximate surface area is 119 Å². The van der Waals surface area contributed by atoms with Gasteiger partial charge in [0.25, 0.3) is 5.91 Å². The highest BCUT2D eigenvalue weighted by molar-refractivity contribution is 7.89. The summed E-state index contributed by atoms with van der Waals surface area (Å²) in [4.78, 5) is 14.2. The van der Waals surface area contributed by atoms with Gasteiger partial charge in [0.05, 0.1) is 4.90 Å². The maximum Gasteiger partial charge on any atom is 0.253 e. The lowest BCUT2D eigenvalue weighted by Crippen LogP contribution is -2.51. The smallest absolute Gasteiger partial charge is 0.253 e. The van der Waals surface area contributed by atoms with E-state index in [0.717, 1.165) is 6.54 Å². The molecule has 1 aromatic carbocycles. The molecule has 2 rings (SSSR count). The summed E-state index contributed by atoms with van der Waals surface area (Å²) in [6.07, 6.45) is 0. The molecule has 1 aliphatic rings. The van der Waals surface area contributed by atoms with Crippen LogP contribution in [0.3, 0.4) is 0 Å². The Morgan fingerprint density at radius 2 is 2.00 bits per heavy atom. The Kier molecular flexibility index (Phi) is 4.42. The molecular formula is C13H19N3O3S. The van der Waals surface area contributed by atoms with Gasteiger partial charge < -0.3 is 10.2 Å². The van der Waals surface area contributed by atoms with Gasteiger partial charge in [-0.25, -0.2) is 13.1 Å². The molecule has 0 bridgehead atoms. The van der Waals surface area contributed by atoms with Crippen molar-refractivity contribution in [1.29, 1.82) is 0 Å². The molecule has 2 N–H and O–H groups in total. The van der Waals surface area contributed by atoms with Crippen molar-refractivity contribution in [2.24, 2.45) is 0 Å². The highest BCUT2D eigenvalue weighted by atomic mass is 32.2. The van der Waals surface area contributed by atoms with Gasteiger partial charge in [-0.15, -0.1) is 0 Å². The summed E-state index contributed by atoms with van der Waals surface area (Å²) in [5.41, 5.74) is 0.508. The number of benzene rings is 1. The first-order valence-electron chi connectivity index (χ1n) is 6.50. The van der Waals surface area contributed by atoms with E-state index in [4.69, 9.17) is 0 Å². The summed E-state index contributed by atoms with van der Waals surface area (Å²) in [6, 6.07) is 6.28. The third-order valence-corrected chi connectivity index (χ3v) is 4.77. The zero-order valence-corrected chi connectivity index (χ0v) is 12.4. The van der Waals surface area contributed by atoms with Gasteiger partial charge in [0, 0.05) is 31.2 Å².